The molecule has 0 aromatic rings. The van der Waals surface area contributed by atoms with Crippen LogP contribution in [0.3, 0.4) is 0 Å². The minimum absolute atomic E-state index is 0.525. The number of ether oxygens (including phenoxy) is 2. The van der Waals surface area contributed by atoms with E-state index in [0.29, 0.717) is 19.0 Å². The Morgan fingerprint density at radius 2 is 2.05 bits per heavy atom. The van der Waals surface area contributed by atoms with Crippen molar-refractivity contribution in [3.05, 3.63) is 12.4 Å². The number of morpholine rings is 1. The third kappa shape index (κ3) is 6.42. The van der Waals surface area contributed by atoms with Crippen LogP contribution >= 0.6 is 0 Å². The summed E-state index contributed by atoms with van der Waals surface area (Å²) in [7, 11) is 1.67. The second kappa shape index (κ2) is 7.14. The molecule has 0 bridgehead atoms. The number of nitrogens with one attached hydrogen (secondary N) is 1. The van der Waals surface area contributed by atoms with Crippen LogP contribution in [-0.4, -0.2) is 61.3 Å². The number of amides is 1. The van der Waals surface area contributed by atoms with E-state index in [9.17, 15) is 4.79 Å². The Balaban J connectivity index is 2.37. The van der Waals surface area contributed by atoms with E-state index < -0.39 is 11.7 Å². The molecule has 1 saturated heterocycles. The predicted octanol–water partition coefficient (Wildman–Crippen LogP) is 1.19. The molecule has 0 spiro atoms. The highest BCUT2D eigenvalue weighted by Crippen LogP contribution is 2.07. The Bertz CT molecular complexity index is 370. The summed E-state index contributed by atoms with van der Waals surface area (Å²) in [6.07, 6.45) is 0.963. The van der Waals surface area contributed by atoms with Gasteiger partial charge in [-0.3, -0.25) is 5.01 Å². The number of carbonyl (C=O) groups is 1. The fraction of sp³-hybridized carbons (Fsp3) is 0.692. The van der Waals surface area contributed by atoms with Crippen LogP contribution in [0.25, 0.3) is 0 Å². The highest BCUT2D eigenvalue weighted by molar-refractivity contribution is 5.70. The largest absolute Gasteiger partial charge is 0.443 e. The van der Waals surface area contributed by atoms with Crippen molar-refractivity contribution in [1.82, 2.24) is 15.3 Å². The van der Waals surface area contributed by atoms with E-state index in [1.807, 2.05) is 4.90 Å². The zero-order valence-electron chi connectivity index (χ0n) is 12.7. The second-order valence-electron chi connectivity index (χ2n) is 5.48. The van der Waals surface area contributed by atoms with Crippen LogP contribution in [0.5, 0.6) is 0 Å². The van der Waals surface area contributed by atoms with Gasteiger partial charge in [-0.25, -0.2) is 15.2 Å². The lowest BCUT2D eigenvalue weighted by atomic mass is 10.2. The average Bonchev–Trinajstić information content (AvgIpc) is 2.34. The van der Waals surface area contributed by atoms with Crippen LogP contribution in [-0.2, 0) is 9.47 Å². The fourth-order valence-electron chi connectivity index (χ4n) is 1.53. The smallest absolute Gasteiger partial charge is 0.426 e. The van der Waals surface area contributed by atoms with Crippen LogP contribution in [0.4, 0.5) is 4.79 Å². The fourth-order valence-corrected chi connectivity index (χ4v) is 1.53. The SMILES string of the molecule is C=C(N=CN(C)NC(=O)OC(C)(C)C)N1CCOCC1. The molecule has 20 heavy (non-hydrogen) atoms. The summed E-state index contributed by atoms with van der Waals surface area (Å²) in [6, 6.07) is 0. The van der Waals surface area contributed by atoms with E-state index in [-0.39, 0.29) is 0 Å². The van der Waals surface area contributed by atoms with E-state index in [0.717, 1.165) is 13.1 Å². The first kappa shape index (κ1) is 16.3. The number of aliphatic imine (C=N–C) groups is 1. The monoisotopic (exact) mass is 284 g/mol. The second-order valence-corrected chi connectivity index (χ2v) is 5.48. The molecule has 1 aliphatic rings. The van der Waals surface area contributed by atoms with Crippen molar-refractivity contribution in [3.8, 4) is 0 Å². The van der Waals surface area contributed by atoms with Gasteiger partial charge >= 0.3 is 6.09 Å². The van der Waals surface area contributed by atoms with Crippen LogP contribution in [0, 0.1) is 0 Å². The topological polar surface area (TPSA) is 66.4 Å². The highest BCUT2D eigenvalue weighted by atomic mass is 16.6. The molecule has 1 N–H and O–H groups in total. The molecule has 0 atom stereocenters. The van der Waals surface area contributed by atoms with Gasteiger partial charge in [0.2, 0.25) is 0 Å². The summed E-state index contributed by atoms with van der Waals surface area (Å²) in [5, 5.41) is 1.43. The Morgan fingerprint density at radius 1 is 1.45 bits per heavy atom. The Hall–Kier alpha value is -1.76. The maximum Gasteiger partial charge on any atom is 0.426 e. The first-order chi connectivity index (χ1) is 9.28. The molecule has 0 aromatic heterocycles. The molecule has 1 amide bonds. The van der Waals surface area contributed by atoms with Gasteiger partial charge in [-0.2, -0.15) is 0 Å². The summed E-state index contributed by atoms with van der Waals surface area (Å²) in [5.41, 5.74) is 2.00. The lowest BCUT2D eigenvalue weighted by Gasteiger charge is -2.28. The van der Waals surface area contributed by atoms with E-state index in [2.05, 4.69) is 17.0 Å². The molecule has 1 fully saturated rings. The Labute approximate surface area is 120 Å². The minimum atomic E-state index is -0.528. The summed E-state index contributed by atoms with van der Waals surface area (Å²) in [6.45, 7) is 12.2. The van der Waals surface area contributed by atoms with Gasteiger partial charge in [0, 0.05) is 20.1 Å². The van der Waals surface area contributed by atoms with Gasteiger partial charge in [-0.05, 0) is 20.8 Å². The van der Waals surface area contributed by atoms with Crippen LogP contribution in [0.1, 0.15) is 20.8 Å². The molecule has 7 nitrogen and oxygen atoms in total. The third-order valence-corrected chi connectivity index (χ3v) is 2.42. The first-order valence-corrected chi connectivity index (χ1v) is 6.56. The number of hydrogen-bond donors (Lipinski definition) is 1. The van der Waals surface area contributed by atoms with Crippen LogP contribution in [0.15, 0.2) is 17.4 Å². The third-order valence-electron chi connectivity index (χ3n) is 2.42. The Kier molecular flexibility index (Phi) is 5.82. The Morgan fingerprint density at radius 3 is 2.60 bits per heavy atom. The van der Waals surface area contributed by atoms with Gasteiger partial charge in [0.15, 0.2) is 0 Å². The molecule has 0 saturated carbocycles. The number of carbonyl (C=O) groups excluding carboxylic acids is 1. The van der Waals surface area contributed by atoms with Crippen molar-refractivity contribution in [3.63, 3.8) is 0 Å². The number of hydrazine groups is 1. The van der Waals surface area contributed by atoms with Crippen molar-refractivity contribution in [2.75, 3.05) is 33.4 Å². The molecular formula is C13H24N4O3. The summed E-state index contributed by atoms with van der Waals surface area (Å²) in [4.78, 5) is 17.8. The van der Waals surface area contributed by atoms with Crippen molar-refractivity contribution in [2.45, 2.75) is 26.4 Å². The maximum atomic E-state index is 11.5. The van der Waals surface area contributed by atoms with E-state index in [4.69, 9.17) is 9.47 Å². The molecule has 1 rings (SSSR count). The molecular weight excluding hydrogens is 260 g/mol. The quantitative estimate of drug-likeness (QED) is 0.477. The van der Waals surface area contributed by atoms with Gasteiger partial charge in [0.05, 0.1) is 13.2 Å². The van der Waals surface area contributed by atoms with Gasteiger partial charge in [0.1, 0.15) is 17.8 Å². The van der Waals surface area contributed by atoms with Crippen LogP contribution in [0.2, 0.25) is 0 Å². The molecule has 0 unspecified atom stereocenters. The molecule has 0 radical (unpaired) electrons. The van der Waals surface area contributed by atoms with E-state index in [1.54, 1.807) is 27.8 Å². The van der Waals surface area contributed by atoms with Crippen LogP contribution < -0.4 is 5.43 Å². The van der Waals surface area contributed by atoms with Gasteiger partial charge in [-0.15, -0.1) is 0 Å². The average molecular weight is 284 g/mol. The molecule has 0 aliphatic carbocycles. The van der Waals surface area contributed by atoms with Gasteiger partial charge in [0.25, 0.3) is 0 Å². The lowest BCUT2D eigenvalue weighted by molar-refractivity contribution is 0.0439. The summed E-state index contributed by atoms with van der Waals surface area (Å²) >= 11 is 0. The minimum Gasteiger partial charge on any atom is -0.443 e. The normalized spacial score (nSPS) is 16.1. The number of hydrogen-bond acceptors (Lipinski definition) is 5. The molecule has 7 heteroatoms. The zero-order chi connectivity index (χ0) is 15.2. The first-order valence-electron chi connectivity index (χ1n) is 6.56. The standard InChI is InChI=1S/C13H24N4O3/c1-11(17-6-8-19-9-7-17)14-10-16(5)15-12(18)20-13(2,3)4/h10H,1,6-9H2,2-5H3,(H,15,18). The van der Waals surface area contributed by atoms with E-state index in [1.165, 1.54) is 11.3 Å². The van der Waals surface area contributed by atoms with Crippen molar-refractivity contribution in [2.24, 2.45) is 4.99 Å². The molecule has 114 valence electrons. The zero-order valence-corrected chi connectivity index (χ0v) is 12.7. The van der Waals surface area contributed by atoms with Crippen molar-refractivity contribution >= 4 is 12.4 Å². The number of rotatable bonds is 4. The van der Waals surface area contributed by atoms with Gasteiger partial charge in [-0.1, -0.05) is 6.58 Å². The van der Waals surface area contributed by atoms with Gasteiger partial charge < -0.3 is 14.4 Å². The number of nitrogens with zero attached hydrogens (tertiary/aromatic N) is 3. The lowest BCUT2D eigenvalue weighted by Crippen LogP contribution is -2.42. The summed E-state index contributed by atoms with van der Waals surface area (Å²) < 4.78 is 10.4. The van der Waals surface area contributed by atoms with Crippen molar-refractivity contribution < 1.29 is 14.3 Å². The predicted molar refractivity (Wildman–Crippen MR) is 77.2 cm³/mol. The summed E-state index contributed by atoms with van der Waals surface area (Å²) in [5.74, 6) is 0.645. The molecule has 1 aliphatic heterocycles. The molecule has 1 heterocycles. The maximum absolute atomic E-state index is 11.5. The molecule has 0 aromatic carbocycles. The van der Waals surface area contributed by atoms with E-state index >= 15 is 0 Å². The highest BCUT2D eigenvalue weighted by Gasteiger charge is 2.16. The van der Waals surface area contributed by atoms with Crippen molar-refractivity contribution in [1.29, 1.82) is 0 Å².